The average molecular weight is 456 g/mol. The molecule has 1 saturated heterocycles. The minimum absolute atomic E-state index is 0.0850. The third-order valence-electron chi connectivity index (χ3n) is 4.69. The zero-order chi connectivity index (χ0) is 23.1. The van der Waals surface area contributed by atoms with Crippen LogP contribution in [-0.4, -0.2) is 53.4 Å². The van der Waals surface area contributed by atoms with Gasteiger partial charge in [-0.1, -0.05) is 11.8 Å². The van der Waals surface area contributed by atoms with Crippen molar-refractivity contribution in [2.24, 2.45) is 4.99 Å². The van der Waals surface area contributed by atoms with Gasteiger partial charge in [0.15, 0.2) is 5.17 Å². The molecule has 0 aromatic heterocycles. The second-order valence-electron chi connectivity index (χ2n) is 6.83. The third-order valence-corrected chi connectivity index (χ3v) is 5.88. The molecule has 0 aliphatic carbocycles. The van der Waals surface area contributed by atoms with Gasteiger partial charge in [0.25, 0.3) is 0 Å². The maximum atomic E-state index is 12.8. The van der Waals surface area contributed by atoms with E-state index < -0.39 is 11.2 Å². The van der Waals surface area contributed by atoms with Gasteiger partial charge in [-0.05, 0) is 62.4 Å². The summed E-state index contributed by atoms with van der Waals surface area (Å²) in [6.45, 7) is 4.76. The Balaban J connectivity index is 1.75. The maximum absolute atomic E-state index is 12.8. The van der Waals surface area contributed by atoms with E-state index in [1.807, 2.05) is 13.8 Å². The first-order valence-corrected chi connectivity index (χ1v) is 11.1. The van der Waals surface area contributed by atoms with Crippen LogP contribution in [0.3, 0.4) is 0 Å². The number of nitrogens with zero attached hydrogens (tertiary/aromatic N) is 2. The van der Waals surface area contributed by atoms with E-state index in [0.717, 1.165) is 5.75 Å². The van der Waals surface area contributed by atoms with Gasteiger partial charge in [0.05, 0.1) is 25.0 Å². The number of methoxy groups -OCH3 is 1. The van der Waals surface area contributed by atoms with E-state index in [-0.39, 0.29) is 18.2 Å². The van der Waals surface area contributed by atoms with Crippen molar-refractivity contribution in [1.29, 1.82) is 0 Å². The van der Waals surface area contributed by atoms with Crippen molar-refractivity contribution in [2.45, 2.75) is 25.5 Å². The van der Waals surface area contributed by atoms with E-state index in [4.69, 9.17) is 9.47 Å². The number of aliphatic imine (C=N–C) groups is 1. The van der Waals surface area contributed by atoms with Crippen LogP contribution in [0.1, 0.15) is 30.6 Å². The highest BCUT2D eigenvalue weighted by Gasteiger charge is 2.35. The third kappa shape index (κ3) is 5.67. The lowest BCUT2D eigenvalue weighted by molar-refractivity contribution is -0.129. The van der Waals surface area contributed by atoms with Gasteiger partial charge in [-0.2, -0.15) is 0 Å². The molecule has 0 unspecified atom stereocenters. The molecular formula is C23H25N3O5S. The Morgan fingerprint density at radius 1 is 1.12 bits per heavy atom. The highest BCUT2D eigenvalue weighted by molar-refractivity contribution is 8.15. The van der Waals surface area contributed by atoms with E-state index in [1.54, 1.807) is 53.4 Å². The monoisotopic (exact) mass is 455 g/mol. The Kier molecular flexibility index (Phi) is 7.88. The summed E-state index contributed by atoms with van der Waals surface area (Å²) in [6, 6.07) is 13.6. The van der Waals surface area contributed by atoms with Crippen molar-refractivity contribution in [3.8, 4) is 5.75 Å². The number of rotatable bonds is 7. The zero-order valence-corrected chi connectivity index (χ0v) is 19.0. The van der Waals surface area contributed by atoms with E-state index in [1.165, 1.54) is 18.9 Å². The number of carbonyl (C=O) groups excluding carboxylic acids is 3. The maximum Gasteiger partial charge on any atom is 0.337 e. The molecular weight excluding hydrogens is 430 g/mol. The first-order valence-electron chi connectivity index (χ1n) is 10.2. The van der Waals surface area contributed by atoms with Crippen LogP contribution in [-0.2, 0) is 14.3 Å². The molecule has 0 spiro atoms. The summed E-state index contributed by atoms with van der Waals surface area (Å²) >= 11 is 1.24. The summed E-state index contributed by atoms with van der Waals surface area (Å²) in [5, 5.41) is 2.69. The summed E-state index contributed by atoms with van der Waals surface area (Å²) in [5.74, 6) is -0.147. The number of ether oxygens (including phenoxy) is 2. The molecule has 1 fully saturated rings. The Morgan fingerprint density at radius 3 is 2.41 bits per heavy atom. The highest BCUT2D eigenvalue weighted by atomic mass is 32.2. The first-order chi connectivity index (χ1) is 15.4. The summed E-state index contributed by atoms with van der Waals surface area (Å²) < 4.78 is 10.1. The molecule has 1 atom stereocenters. The van der Waals surface area contributed by atoms with Gasteiger partial charge in [-0.3, -0.25) is 14.5 Å². The molecule has 1 aliphatic rings. The number of benzene rings is 2. The van der Waals surface area contributed by atoms with Crippen LogP contribution < -0.4 is 10.1 Å². The molecule has 9 heteroatoms. The van der Waals surface area contributed by atoms with Crippen LogP contribution in [0.15, 0.2) is 53.5 Å². The number of nitrogens with one attached hydrogen (secondary N) is 1. The van der Waals surface area contributed by atoms with Gasteiger partial charge in [0.2, 0.25) is 11.8 Å². The molecule has 0 radical (unpaired) electrons. The minimum Gasteiger partial charge on any atom is -0.494 e. The molecule has 2 aromatic carbocycles. The van der Waals surface area contributed by atoms with Crippen molar-refractivity contribution in [3.05, 3.63) is 54.1 Å². The van der Waals surface area contributed by atoms with Crippen molar-refractivity contribution in [2.75, 3.05) is 25.6 Å². The van der Waals surface area contributed by atoms with E-state index in [2.05, 4.69) is 10.3 Å². The molecule has 1 aliphatic heterocycles. The highest BCUT2D eigenvalue weighted by Crippen LogP contribution is 2.30. The normalized spacial score (nSPS) is 17.2. The number of carbonyl (C=O) groups is 3. The first kappa shape index (κ1) is 23.3. The number of hydrogen-bond acceptors (Lipinski definition) is 7. The molecule has 0 bridgehead atoms. The summed E-state index contributed by atoms with van der Waals surface area (Å²) in [7, 11) is 1.32. The quantitative estimate of drug-likeness (QED) is 0.637. The molecule has 1 N–H and O–H groups in total. The SMILES string of the molecule is CCOc1ccc(NC(=O)[C@@H]2CC(=O)N(CC)C(=Nc3ccc(C(=O)OC)cc3)S2)cc1. The van der Waals surface area contributed by atoms with Crippen LogP contribution in [0, 0.1) is 0 Å². The molecule has 8 nitrogen and oxygen atoms in total. The predicted molar refractivity (Wildman–Crippen MR) is 125 cm³/mol. The standard InChI is InChI=1S/C23H25N3O5S/c1-4-26-20(27)14-19(21(28)24-16-10-12-18(13-11-16)31-5-2)32-23(26)25-17-8-6-15(7-9-17)22(29)30-3/h6-13,19H,4-5,14H2,1-3H3,(H,24,28)/t19-/m0/s1. The number of amides is 2. The number of anilines is 1. The van der Waals surface area contributed by atoms with Gasteiger partial charge in [0, 0.05) is 18.7 Å². The topological polar surface area (TPSA) is 97.3 Å². The van der Waals surface area contributed by atoms with Crippen molar-refractivity contribution >= 4 is 46.1 Å². The second kappa shape index (κ2) is 10.8. The molecule has 32 heavy (non-hydrogen) atoms. The van der Waals surface area contributed by atoms with E-state index >= 15 is 0 Å². The predicted octanol–water partition coefficient (Wildman–Crippen LogP) is 3.85. The minimum atomic E-state index is -0.607. The van der Waals surface area contributed by atoms with E-state index in [0.29, 0.717) is 35.3 Å². The number of amidine groups is 1. The second-order valence-corrected chi connectivity index (χ2v) is 8.00. The van der Waals surface area contributed by atoms with Gasteiger partial charge in [0.1, 0.15) is 11.0 Å². The lowest BCUT2D eigenvalue weighted by atomic mass is 10.2. The fourth-order valence-electron chi connectivity index (χ4n) is 3.08. The molecule has 0 saturated carbocycles. The largest absolute Gasteiger partial charge is 0.494 e. The van der Waals surface area contributed by atoms with Crippen molar-refractivity contribution in [3.63, 3.8) is 0 Å². The van der Waals surface area contributed by atoms with Crippen LogP contribution in [0.4, 0.5) is 11.4 Å². The van der Waals surface area contributed by atoms with Gasteiger partial charge in [-0.15, -0.1) is 0 Å². The fraction of sp³-hybridized carbons (Fsp3) is 0.304. The van der Waals surface area contributed by atoms with Crippen LogP contribution in [0.2, 0.25) is 0 Å². The molecule has 2 aromatic rings. The average Bonchev–Trinajstić information content (AvgIpc) is 2.80. The van der Waals surface area contributed by atoms with Crippen molar-refractivity contribution < 1.29 is 23.9 Å². The molecule has 168 valence electrons. The smallest absolute Gasteiger partial charge is 0.337 e. The van der Waals surface area contributed by atoms with Crippen LogP contribution >= 0.6 is 11.8 Å². The Hall–Kier alpha value is -3.33. The molecule has 2 amide bonds. The Labute approximate surface area is 191 Å². The van der Waals surface area contributed by atoms with Gasteiger partial charge in [-0.25, -0.2) is 9.79 Å². The summed E-state index contributed by atoms with van der Waals surface area (Å²) in [6.07, 6.45) is 0.0850. The summed E-state index contributed by atoms with van der Waals surface area (Å²) in [5.41, 5.74) is 1.60. The van der Waals surface area contributed by atoms with Crippen molar-refractivity contribution in [1.82, 2.24) is 4.90 Å². The lowest BCUT2D eigenvalue weighted by Gasteiger charge is -2.30. The summed E-state index contributed by atoms with van der Waals surface area (Å²) in [4.78, 5) is 43.2. The lowest BCUT2D eigenvalue weighted by Crippen LogP contribution is -2.45. The Morgan fingerprint density at radius 2 is 1.81 bits per heavy atom. The van der Waals surface area contributed by atoms with E-state index in [9.17, 15) is 14.4 Å². The van der Waals surface area contributed by atoms with Gasteiger partial charge >= 0.3 is 5.97 Å². The van der Waals surface area contributed by atoms with Crippen LogP contribution in [0.25, 0.3) is 0 Å². The molecule has 3 rings (SSSR count). The Bertz CT molecular complexity index is 1010. The number of esters is 1. The molecule has 1 heterocycles. The fourth-order valence-corrected chi connectivity index (χ4v) is 4.24. The van der Waals surface area contributed by atoms with Crippen LogP contribution in [0.5, 0.6) is 5.75 Å². The van der Waals surface area contributed by atoms with Gasteiger partial charge < -0.3 is 14.8 Å². The number of hydrogen-bond donors (Lipinski definition) is 1. The zero-order valence-electron chi connectivity index (χ0n) is 18.2. The number of thioether (sulfide) groups is 1.